The third-order valence-corrected chi connectivity index (χ3v) is 30.4. The first-order valence-corrected chi connectivity index (χ1v) is 17.7. The van der Waals surface area contributed by atoms with Gasteiger partial charge < -0.3 is 0 Å². The largest absolute Gasteiger partial charge is 0.154 e. The van der Waals surface area contributed by atoms with Crippen molar-refractivity contribution in [3.63, 3.8) is 0 Å². The molecule has 0 aliphatic carbocycles. The summed E-state index contributed by atoms with van der Waals surface area (Å²) in [6.07, 6.45) is 9.39. The minimum Gasteiger partial charge on any atom is -0.154 e. The van der Waals surface area contributed by atoms with E-state index < -0.39 is 16.1 Å². The van der Waals surface area contributed by atoms with Crippen LogP contribution in [0.5, 0.6) is 0 Å². The van der Waals surface area contributed by atoms with Crippen LogP contribution in [0.1, 0.15) is 0 Å². The van der Waals surface area contributed by atoms with Gasteiger partial charge in [-0.3, -0.25) is 0 Å². The predicted octanol–water partition coefficient (Wildman–Crippen LogP) is 5.34. The molecule has 0 aromatic heterocycles. The molecule has 0 spiro atoms. The van der Waals surface area contributed by atoms with E-state index >= 15 is 0 Å². The van der Waals surface area contributed by atoms with Crippen molar-refractivity contribution in [1.29, 1.82) is 0 Å². The van der Waals surface area contributed by atoms with Gasteiger partial charge in [-0.25, -0.2) is 0 Å². The summed E-state index contributed by atoms with van der Waals surface area (Å²) in [7, 11) is -2.47. The second-order valence-corrected chi connectivity index (χ2v) is 23.1. The molecule has 0 N–H and O–H groups in total. The van der Waals surface area contributed by atoms with Crippen LogP contribution in [-0.4, -0.2) is 48.6 Å². The Morgan fingerprint density at radius 2 is 1.00 bits per heavy atom. The molecule has 0 aromatic rings. The maximum atomic E-state index is 2.65. The van der Waals surface area contributed by atoms with Crippen molar-refractivity contribution in [1.82, 2.24) is 0 Å². The van der Waals surface area contributed by atoms with E-state index in [1.54, 1.807) is 0 Å². The van der Waals surface area contributed by atoms with Crippen LogP contribution in [0.15, 0.2) is 0 Å². The van der Waals surface area contributed by atoms with Crippen LogP contribution in [0.25, 0.3) is 0 Å². The van der Waals surface area contributed by atoms with Crippen molar-refractivity contribution >= 4 is 63.2 Å². The third-order valence-electron chi connectivity index (χ3n) is 4.52. The molecule has 1 aliphatic heterocycles. The van der Waals surface area contributed by atoms with Gasteiger partial charge in [0, 0.05) is 3.33 Å². The van der Waals surface area contributed by atoms with Gasteiger partial charge in [-0.05, 0) is 37.1 Å². The highest BCUT2D eigenvalue weighted by molar-refractivity contribution is 8.23. The number of rotatable bonds is 4. The van der Waals surface area contributed by atoms with Gasteiger partial charge in [-0.15, -0.1) is 23.5 Å². The predicted molar refractivity (Wildman–Crippen MR) is 104 cm³/mol. The Bertz CT molecular complexity index is 274. The summed E-state index contributed by atoms with van der Waals surface area (Å²) < 4.78 is 1.11. The Morgan fingerprint density at radius 3 is 1.22 bits per heavy atom. The molecule has 108 valence electrons. The van der Waals surface area contributed by atoms with Gasteiger partial charge in [0.2, 0.25) is 0 Å². The average molecular weight is 357 g/mol. The van der Waals surface area contributed by atoms with Crippen molar-refractivity contribution in [3.05, 3.63) is 0 Å². The van der Waals surface area contributed by atoms with Crippen LogP contribution >= 0.6 is 47.0 Å². The molecule has 0 nitrogen and oxygen atoms in total. The summed E-state index contributed by atoms with van der Waals surface area (Å²) >= 11 is 8.66. The fourth-order valence-corrected chi connectivity index (χ4v) is 33.3. The maximum Gasteiger partial charge on any atom is 0.0765 e. The summed E-state index contributed by atoms with van der Waals surface area (Å²) in [4.78, 5) is 0. The normalized spacial score (nSPS) is 28.0. The van der Waals surface area contributed by atoms with Gasteiger partial charge in [0.1, 0.15) is 0 Å². The van der Waals surface area contributed by atoms with Crippen molar-refractivity contribution in [2.24, 2.45) is 0 Å². The van der Waals surface area contributed by atoms with E-state index in [9.17, 15) is 0 Å². The van der Waals surface area contributed by atoms with E-state index in [-0.39, 0.29) is 0 Å². The fraction of sp³-hybridized carbons (Fsp3) is 1.00. The Morgan fingerprint density at radius 1 is 0.667 bits per heavy atom. The van der Waals surface area contributed by atoms with Crippen molar-refractivity contribution < 1.29 is 0 Å². The Hall–Kier alpha value is 1.83. The first-order chi connectivity index (χ1) is 8.16. The monoisotopic (exact) mass is 356 g/mol. The van der Waals surface area contributed by atoms with E-state index in [1.165, 1.54) is 12.1 Å². The van der Waals surface area contributed by atoms with E-state index in [2.05, 4.69) is 98.3 Å². The number of thioether (sulfide) groups is 4. The highest BCUT2D eigenvalue weighted by atomic mass is 32.2. The lowest BCUT2D eigenvalue weighted by Crippen LogP contribution is -2.71. The lowest BCUT2D eigenvalue weighted by Gasteiger charge is -2.61. The molecule has 1 saturated heterocycles. The van der Waals surface area contributed by atoms with Gasteiger partial charge in [-0.2, -0.15) is 23.5 Å². The van der Waals surface area contributed by atoms with E-state index in [0.717, 1.165) is 0 Å². The molecule has 1 heterocycles. The Balaban J connectivity index is 3.29. The summed E-state index contributed by atoms with van der Waals surface area (Å²) in [6.45, 7) is 10.6. The molecule has 0 radical (unpaired) electrons. The van der Waals surface area contributed by atoms with E-state index in [4.69, 9.17) is 0 Å². The summed E-state index contributed by atoms with van der Waals surface area (Å²) in [6, 6.07) is 2.95. The summed E-state index contributed by atoms with van der Waals surface area (Å²) in [5.74, 6) is 0. The molecule has 0 atom stereocenters. The number of hydrogen-bond acceptors (Lipinski definition) is 4. The van der Waals surface area contributed by atoms with Gasteiger partial charge in [-0.1, -0.05) is 26.2 Å². The summed E-state index contributed by atoms with van der Waals surface area (Å²) in [5.41, 5.74) is 0. The average Bonchev–Trinajstić information content (AvgIpc) is 2.27. The highest BCUT2D eigenvalue weighted by Gasteiger charge is 2.64. The molecule has 0 aromatic carbocycles. The van der Waals surface area contributed by atoms with Crippen molar-refractivity contribution in [2.45, 2.75) is 45.7 Å². The first kappa shape index (κ1) is 17.9. The molecule has 0 unspecified atom stereocenters. The highest BCUT2D eigenvalue weighted by Crippen LogP contribution is 2.62. The van der Waals surface area contributed by atoms with Gasteiger partial charge in [0.05, 0.1) is 20.2 Å². The van der Waals surface area contributed by atoms with Crippen molar-refractivity contribution in [2.75, 3.05) is 25.0 Å². The molecule has 18 heavy (non-hydrogen) atoms. The van der Waals surface area contributed by atoms with Crippen molar-refractivity contribution in [3.8, 4) is 0 Å². The zero-order chi connectivity index (χ0) is 14.2. The lowest BCUT2D eigenvalue weighted by molar-refractivity contribution is 0.922. The summed E-state index contributed by atoms with van der Waals surface area (Å²) in [5, 5.41) is 0. The Kier molecular flexibility index (Phi) is 5.87. The lowest BCUT2D eigenvalue weighted by atomic mass is 10.5. The standard InChI is InChI=1S/C12H28S4Si2/c1-13-11(14-2)9-17(5,6)12(15-3,16-4)18(7,8)10-11/h9-10H2,1-8H3. The smallest absolute Gasteiger partial charge is 0.0765 e. The van der Waals surface area contributed by atoms with Gasteiger partial charge in [0.25, 0.3) is 0 Å². The fourth-order valence-electron chi connectivity index (χ4n) is 4.12. The maximum absolute atomic E-state index is 2.65. The zero-order valence-corrected chi connectivity index (χ0v) is 18.3. The molecule has 1 aliphatic rings. The zero-order valence-electron chi connectivity index (χ0n) is 13.0. The molecular formula is C12H28S4Si2. The Labute approximate surface area is 133 Å². The quantitative estimate of drug-likeness (QED) is 0.492. The number of hydrogen-bond donors (Lipinski definition) is 0. The van der Waals surface area contributed by atoms with E-state index in [1.807, 2.05) is 0 Å². The van der Waals surface area contributed by atoms with Crippen LogP contribution in [-0.2, 0) is 0 Å². The second-order valence-electron chi connectivity index (χ2n) is 6.47. The topological polar surface area (TPSA) is 0 Å². The molecule has 0 saturated carbocycles. The van der Waals surface area contributed by atoms with Gasteiger partial charge >= 0.3 is 0 Å². The van der Waals surface area contributed by atoms with Crippen LogP contribution in [0.4, 0.5) is 0 Å². The molecular weight excluding hydrogens is 329 g/mol. The minimum atomic E-state index is -1.24. The minimum absolute atomic E-state index is 0.514. The van der Waals surface area contributed by atoms with Crippen LogP contribution in [0.2, 0.25) is 38.3 Å². The molecule has 1 rings (SSSR count). The van der Waals surface area contributed by atoms with Crippen LogP contribution in [0, 0.1) is 0 Å². The second kappa shape index (κ2) is 5.91. The first-order valence-electron chi connectivity index (χ1n) is 6.36. The van der Waals surface area contributed by atoms with Gasteiger partial charge in [0.15, 0.2) is 0 Å². The SMILES string of the molecule is CSC1(SC)C[Si](C)(C)C(SC)(SC)[Si](C)(C)C1. The molecule has 0 bridgehead atoms. The van der Waals surface area contributed by atoms with Crippen LogP contribution < -0.4 is 0 Å². The molecule has 6 heteroatoms. The molecule has 1 fully saturated rings. The van der Waals surface area contributed by atoms with Crippen LogP contribution in [0.3, 0.4) is 0 Å². The van der Waals surface area contributed by atoms with E-state index in [0.29, 0.717) is 7.40 Å². The molecule has 0 amide bonds. The third kappa shape index (κ3) is 2.63.